The number of alkyl halides is 3. The Balaban J connectivity index is 3.83. The summed E-state index contributed by atoms with van der Waals surface area (Å²) < 4.78 is 35.5. The minimum atomic E-state index is -4.08. The number of halogens is 3. The molecule has 1 nitrogen and oxygen atoms in total. The van der Waals surface area contributed by atoms with Crippen molar-refractivity contribution in [2.75, 3.05) is 20.1 Å². The predicted molar refractivity (Wildman–Crippen MR) is 43.0 cm³/mol. The summed E-state index contributed by atoms with van der Waals surface area (Å²) in [6.07, 6.45) is -4.08. The Morgan fingerprint density at radius 2 is 1.42 bits per heavy atom. The quantitative estimate of drug-likeness (QED) is 0.635. The topological polar surface area (TPSA) is 3.24 Å². The van der Waals surface area contributed by atoms with Crippen LogP contribution in [-0.2, 0) is 0 Å². The molecule has 0 unspecified atom stereocenters. The molecule has 0 saturated carbocycles. The minimum Gasteiger partial charge on any atom is -0.298 e. The van der Waals surface area contributed by atoms with Gasteiger partial charge in [-0.3, -0.25) is 4.90 Å². The maximum absolute atomic E-state index is 11.8. The molecule has 74 valence electrons. The molecule has 0 saturated heterocycles. The molecule has 0 aromatic heterocycles. The van der Waals surface area contributed by atoms with Gasteiger partial charge in [0.1, 0.15) is 0 Å². The van der Waals surface area contributed by atoms with Crippen molar-refractivity contribution in [2.45, 2.75) is 26.9 Å². The van der Waals surface area contributed by atoms with Crippen molar-refractivity contribution in [3.8, 4) is 0 Å². The molecule has 0 heterocycles. The maximum Gasteiger partial charge on any atom is 0.401 e. The van der Waals surface area contributed by atoms with E-state index in [2.05, 4.69) is 0 Å². The van der Waals surface area contributed by atoms with E-state index >= 15 is 0 Å². The fourth-order valence-electron chi connectivity index (χ4n) is 1.17. The Bertz CT molecular complexity index is 118. The summed E-state index contributed by atoms with van der Waals surface area (Å²) in [5.41, 5.74) is -0.0833. The summed E-state index contributed by atoms with van der Waals surface area (Å²) in [5, 5.41) is 0. The van der Waals surface area contributed by atoms with Gasteiger partial charge in [-0.25, -0.2) is 0 Å². The molecule has 0 aromatic rings. The highest BCUT2D eigenvalue weighted by molar-refractivity contribution is 4.68. The molecule has 0 spiro atoms. The van der Waals surface area contributed by atoms with Gasteiger partial charge in [-0.1, -0.05) is 20.8 Å². The Labute approximate surface area is 71.6 Å². The monoisotopic (exact) mass is 183 g/mol. The lowest BCUT2D eigenvalue weighted by Crippen LogP contribution is -2.36. The Hall–Kier alpha value is -0.250. The summed E-state index contributed by atoms with van der Waals surface area (Å²) in [6.45, 7) is 5.37. The van der Waals surface area contributed by atoms with Crippen molar-refractivity contribution in [1.29, 1.82) is 0 Å². The third-order valence-electron chi connectivity index (χ3n) is 1.19. The van der Waals surface area contributed by atoms with Crippen LogP contribution in [0.1, 0.15) is 20.8 Å². The zero-order chi connectivity index (χ0) is 9.99. The fraction of sp³-hybridized carbons (Fsp3) is 1.00. The van der Waals surface area contributed by atoms with Crippen molar-refractivity contribution >= 4 is 0 Å². The number of hydrogen-bond acceptors (Lipinski definition) is 1. The molecular formula is C8H16F3N. The van der Waals surface area contributed by atoms with E-state index in [1.807, 2.05) is 20.8 Å². The van der Waals surface area contributed by atoms with Crippen LogP contribution in [0.5, 0.6) is 0 Å². The summed E-state index contributed by atoms with van der Waals surface area (Å²) in [7, 11) is 1.48. The van der Waals surface area contributed by atoms with E-state index in [0.717, 1.165) is 0 Å². The molecule has 0 aliphatic rings. The van der Waals surface area contributed by atoms with Gasteiger partial charge >= 0.3 is 6.18 Å². The molecule has 0 aromatic carbocycles. The van der Waals surface area contributed by atoms with Crippen LogP contribution >= 0.6 is 0 Å². The molecule has 4 heteroatoms. The summed E-state index contributed by atoms with van der Waals surface area (Å²) in [6, 6.07) is 0. The van der Waals surface area contributed by atoms with Crippen LogP contribution in [0.25, 0.3) is 0 Å². The van der Waals surface area contributed by atoms with Crippen LogP contribution in [0.2, 0.25) is 0 Å². The van der Waals surface area contributed by atoms with Crippen molar-refractivity contribution in [3.05, 3.63) is 0 Å². The number of hydrogen-bond donors (Lipinski definition) is 0. The van der Waals surface area contributed by atoms with E-state index in [0.29, 0.717) is 6.54 Å². The van der Waals surface area contributed by atoms with Crippen molar-refractivity contribution < 1.29 is 13.2 Å². The first-order chi connectivity index (χ1) is 5.10. The van der Waals surface area contributed by atoms with Crippen LogP contribution < -0.4 is 0 Å². The highest BCUT2D eigenvalue weighted by Gasteiger charge is 2.30. The molecule has 0 bridgehead atoms. The maximum atomic E-state index is 11.8. The Morgan fingerprint density at radius 3 is 1.67 bits per heavy atom. The SMILES string of the molecule is CN(CC(C)(C)C)CC(F)(F)F. The van der Waals surface area contributed by atoms with E-state index in [4.69, 9.17) is 0 Å². The summed E-state index contributed by atoms with van der Waals surface area (Å²) >= 11 is 0. The normalized spacial score (nSPS) is 14.0. The van der Waals surface area contributed by atoms with Gasteiger partial charge < -0.3 is 0 Å². The van der Waals surface area contributed by atoms with Gasteiger partial charge in [-0.05, 0) is 12.5 Å². The van der Waals surface area contributed by atoms with Crippen LogP contribution in [0.15, 0.2) is 0 Å². The molecule has 0 aliphatic carbocycles. The highest BCUT2D eigenvalue weighted by atomic mass is 19.4. The molecule has 0 rings (SSSR count). The summed E-state index contributed by atoms with van der Waals surface area (Å²) in [5.74, 6) is 0. The van der Waals surface area contributed by atoms with Crippen LogP contribution in [0, 0.1) is 5.41 Å². The summed E-state index contributed by atoms with van der Waals surface area (Å²) in [4.78, 5) is 1.29. The first-order valence-corrected chi connectivity index (χ1v) is 3.85. The van der Waals surface area contributed by atoms with E-state index < -0.39 is 12.7 Å². The highest BCUT2D eigenvalue weighted by Crippen LogP contribution is 2.19. The lowest BCUT2D eigenvalue weighted by molar-refractivity contribution is -0.145. The molecular weight excluding hydrogens is 167 g/mol. The first kappa shape index (κ1) is 11.8. The largest absolute Gasteiger partial charge is 0.401 e. The lowest BCUT2D eigenvalue weighted by Gasteiger charge is -2.26. The molecule has 0 N–H and O–H groups in total. The van der Waals surface area contributed by atoms with Gasteiger partial charge in [0.15, 0.2) is 0 Å². The van der Waals surface area contributed by atoms with Crippen LogP contribution in [0.4, 0.5) is 13.2 Å². The minimum absolute atomic E-state index is 0.0833. The predicted octanol–water partition coefficient (Wildman–Crippen LogP) is 2.53. The smallest absolute Gasteiger partial charge is 0.298 e. The number of rotatable bonds is 2. The van der Waals surface area contributed by atoms with Crippen molar-refractivity contribution in [1.82, 2.24) is 4.90 Å². The zero-order valence-electron chi connectivity index (χ0n) is 8.00. The van der Waals surface area contributed by atoms with Crippen molar-refractivity contribution in [2.24, 2.45) is 5.41 Å². The van der Waals surface area contributed by atoms with E-state index in [-0.39, 0.29) is 5.41 Å². The van der Waals surface area contributed by atoms with Gasteiger partial charge in [-0.2, -0.15) is 13.2 Å². The fourth-order valence-corrected chi connectivity index (χ4v) is 1.17. The van der Waals surface area contributed by atoms with E-state index in [1.54, 1.807) is 0 Å². The molecule has 0 fully saturated rings. The van der Waals surface area contributed by atoms with Crippen LogP contribution in [0.3, 0.4) is 0 Å². The zero-order valence-corrected chi connectivity index (χ0v) is 8.00. The third kappa shape index (κ3) is 7.85. The molecule has 0 radical (unpaired) electrons. The second kappa shape index (κ2) is 3.64. The Kier molecular flexibility index (Phi) is 3.57. The first-order valence-electron chi connectivity index (χ1n) is 3.85. The molecule has 0 atom stereocenters. The van der Waals surface area contributed by atoms with Crippen molar-refractivity contribution in [3.63, 3.8) is 0 Å². The van der Waals surface area contributed by atoms with E-state index in [9.17, 15) is 13.2 Å². The van der Waals surface area contributed by atoms with Gasteiger partial charge in [0.05, 0.1) is 6.54 Å². The molecule has 12 heavy (non-hydrogen) atoms. The molecule has 0 aliphatic heterocycles. The van der Waals surface area contributed by atoms with Gasteiger partial charge in [0.2, 0.25) is 0 Å². The lowest BCUT2D eigenvalue weighted by atomic mass is 9.96. The van der Waals surface area contributed by atoms with Gasteiger partial charge in [0.25, 0.3) is 0 Å². The van der Waals surface area contributed by atoms with Gasteiger partial charge in [-0.15, -0.1) is 0 Å². The average Bonchev–Trinajstić information content (AvgIpc) is 1.49. The van der Waals surface area contributed by atoms with Crippen LogP contribution in [-0.4, -0.2) is 31.2 Å². The standard InChI is InChI=1S/C8H16F3N/c1-7(2,3)5-12(4)6-8(9,10)11/h5-6H2,1-4H3. The van der Waals surface area contributed by atoms with Gasteiger partial charge in [0, 0.05) is 6.54 Å². The number of nitrogens with zero attached hydrogens (tertiary/aromatic N) is 1. The van der Waals surface area contributed by atoms with E-state index in [1.165, 1.54) is 11.9 Å². The average molecular weight is 183 g/mol. The third-order valence-corrected chi connectivity index (χ3v) is 1.19. The second-order valence-corrected chi connectivity index (χ2v) is 4.35. The second-order valence-electron chi connectivity index (χ2n) is 4.35. The Morgan fingerprint density at radius 1 is 1.00 bits per heavy atom. The molecule has 0 amide bonds.